The maximum absolute atomic E-state index is 14.2. The minimum Gasteiger partial charge on any atom is -0.507 e. The van der Waals surface area contributed by atoms with Gasteiger partial charge in [-0.25, -0.2) is 14.2 Å². The summed E-state index contributed by atoms with van der Waals surface area (Å²) in [6.07, 6.45) is 0. The van der Waals surface area contributed by atoms with Gasteiger partial charge < -0.3 is 9.84 Å². The van der Waals surface area contributed by atoms with Gasteiger partial charge in [0.05, 0.1) is 24.4 Å². The van der Waals surface area contributed by atoms with Crippen molar-refractivity contribution in [2.24, 2.45) is 0 Å². The van der Waals surface area contributed by atoms with E-state index in [2.05, 4.69) is 4.98 Å². The maximum Gasteiger partial charge on any atom is 0.350 e. The molecule has 2 aromatic carbocycles. The van der Waals surface area contributed by atoms with Crippen LogP contribution in [0.4, 0.5) is 9.52 Å². The Kier molecular flexibility index (Phi) is 6.24. The van der Waals surface area contributed by atoms with Crippen molar-refractivity contribution < 1.29 is 28.6 Å². The topological polar surface area (TPSA) is 96.8 Å². The molecule has 10 heteroatoms. The first-order valence-corrected chi connectivity index (χ1v) is 11.2. The number of halogens is 2. The van der Waals surface area contributed by atoms with E-state index >= 15 is 0 Å². The third-order valence-corrected chi connectivity index (χ3v) is 6.83. The number of rotatable bonds is 4. The number of carbonyl (C=O) groups is 3. The second-order valence-corrected chi connectivity index (χ2v) is 9.00. The number of esters is 1. The maximum atomic E-state index is 14.2. The average molecular weight is 501 g/mol. The highest BCUT2D eigenvalue weighted by Crippen LogP contribution is 2.44. The number of aliphatic hydroxyl groups excluding tert-OH is 1. The Hall–Kier alpha value is -3.56. The Bertz CT molecular complexity index is 1370. The minimum absolute atomic E-state index is 0.0469. The van der Waals surface area contributed by atoms with Crippen LogP contribution >= 0.6 is 22.9 Å². The molecule has 7 nitrogen and oxygen atoms in total. The number of hydrogen-bond donors (Lipinski definition) is 1. The molecule has 0 aliphatic carbocycles. The lowest BCUT2D eigenvalue weighted by molar-refractivity contribution is -0.132. The number of hydrogen-bond acceptors (Lipinski definition) is 7. The third-order valence-electron chi connectivity index (χ3n) is 5.44. The normalized spacial score (nSPS) is 17.3. The molecule has 1 fully saturated rings. The molecule has 0 unspecified atom stereocenters. The van der Waals surface area contributed by atoms with Gasteiger partial charge in [0, 0.05) is 10.6 Å². The number of amides is 1. The van der Waals surface area contributed by atoms with Gasteiger partial charge in [-0.1, -0.05) is 47.2 Å². The summed E-state index contributed by atoms with van der Waals surface area (Å²) in [6.45, 7) is 3.14. The van der Waals surface area contributed by atoms with Crippen LogP contribution in [0, 0.1) is 19.7 Å². The molecule has 1 aliphatic rings. The summed E-state index contributed by atoms with van der Waals surface area (Å²) >= 11 is 6.91. The number of Topliss-reactive ketones (excluding diaryl/α,β-unsaturated/α-hetero) is 1. The van der Waals surface area contributed by atoms with Crippen molar-refractivity contribution in [3.05, 3.63) is 86.1 Å². The number of ketones is 1. The van der Waals surface area contributed by atoms with Crippen LogP contribution in [0.3, 0.4) is 0 Å². The first-order chi connectivity index (χ1) is 16.1. The predicted molar refractivity (Wildman–Crippen MR) is 126 cm³/mol. The Morgan fingerprint density at radius 2 is 1.85 bits per heavy atom. The highest BCUT2D eigenvalue weighted by molar-refractivity contribution is 7.17. The van der Waals surface area contributed by atoms with Gasteiger partial charge in [-0.05, 0) is 43.2 Å². The molecular weight excluding hydrogens is 483 g/mol. The standard InChI is InChI=1S/C24H18ClFN2O5S/c1-11-4-5-14(10-16(11)26)19(29)17-18(13-6-8-15(25)9-7-13)28(22(31)20(17)30)24-27-12(2)21(34-24)23(32)33-3/h4-10,18,29H,1-3H3/t18-/m0/s1. The van der Waals surface area contributed by atoms with Crippen molar-refractivity contribution >= 4 is 51.5 Å². The van der Waals surface area contributed by atoms with Crippen molar-refractivity contribution in [1.82, 2.24) is 4.98 Å². The predicted octanol–water partition coefficient (Wildman–Crippen LogP) is 4.97. The van der Waals surface area contributed by atoms with E-state index in [1.54, 1.807) is 38.1 Å². The average Bonchev–Trinajstić information content (AvgIpc) is 3.32. The van der Waals surface area contributed by atoms with E-state index in [0.717, 1.165) is 22.3 Å². The molecule has 1 N–H and O–H groups in total. The highest BCUT2D eigenvalue weighted by atomic mass is 35.5. The molecule has 34 heavy (non-hydrogen) atoms. The summed E-state index contributed by atoms with van der Waals surface area (Å²) < 4.78 is 19.0. The number of anilines is 1. The van der Waals surface area contributed by atoms with E-state index in [9.17, 15) is 23.9 Å². The number of aliphatic hydroxyl groups is 1. The number of thiazole rings is 1. The third kappa shape index (κ3) is 3.97. The van der Waals surface area contributed by atoms with Crippen LogP contribution in [-0.4, -0.2) is 34.9 Å². The Labute approximate surface area is 203 Å². The fourth-order valence-corrected chi connectivity index (χ4v) is 4.79. The van der Waals surface area contributed by atoms with Crippen LogP contribution in [0.1, 0.15) is 38.1 Å². The largest absolute Gasteiger partial charge is 0.507 e. The Morgan fingerprint density at radius 1 is 1.18 bits per heavy atom. The molecule has 0 saturated carbocycles. The quantitative estimate of drug-likeness (QED) is 0.235. The number of carbonyl (C=O) groups excluding carboxylic acids is 3. The summed E-state index contributed by atoms with van der Waals surface area (Å²) in [5, 5.41) is 11.6. The number of methoxy groups -OCH3 is 1. The first-order valence-electron chi connectivity index (χ1n) is 10.0. The Morgan fingerprint density at radius 3 is 2.47 bits per heavy atom. The fourth-order valence-electron chi connectivity index (χ4n) is 3.65. The van der Waals surface area contributed by atoms with E-state index in [1.165, 1.54) is 19.2 Å². The SMILES string of the molecule is COC(=O)c1sc(N2C(=O)C(=O)C(=C(O)c3ccc(C)c(F)c3)[C@@H]2c2ccc(Cl)cc2)nc1C. The number of aryl methyl sites for hydroxylation is 2. The lowest BCUT2D eigenvalue weighted by atomic mass is 9.95. The fraction of sp³-hybridized carbons (Fsp3) is 0.167. The van der Waals surface area contributed by atoms with Crippen LogP contribution in [-0.2, 0) is 14.3 Å². The lowest BCUT2D eigenvalue weighted by Gasteiger charge is -2.23. The molecule has 3 aromatic rings. The Balaban J connectivity index is 1.94. The number of nitrogens with zero attached hydrogens (tertiary/aromatic N) is 2. The lowest BCUT2D eigenvalue weighted by Crippen LogP contribution is -2.29. The zero-order chi connectivity index (χ0) is 24.7. The van der Waals surface area contributed by atoms with Crippen molar-refractivity contribution in [2.45, 2.75) is 19.9 Å². The van der Waals surface area contributed by atoms with Crippen LogP contribution in [0.25, 0.3) is 5.76 Å². The van der Waals surface area contributed by atoms with Crippen LogP contribution in [0.5, 0.6) is 0 Å². The summed E-state index contributed by atoms with van der Waals surface area (Å²) in [7, 11) is 1.22. The summed E-state index contributed by atoms with van der Waals surface area (Å²) in [5.41, 5.74) is 0.961. The first kappa shape index (κ1) is 23.6. The minimum atomic E-state index is -1.09. The number of aromatic nitrogens is 1. The summed E-state index contributed by atoms with van der Waals surface area (Å²) in [6, 6.07) is 9.31. The molecule has 0 bridgehead atoms. The van der Waals surface area contributed by atoms with E-state index in [4.69, 9.17) is 16.3 Å². The van der Waals surface area contributed by atoms with Crippen LogP contribution in [0.15, 0.2) is 48.0 Å². The van der Waals surface area contributed by atoms with Crippen molar-refractivity contribution in [3.63, 3.8) is 0 Å². The van der Waals surface area contributed by atoms with Gasteiger partial charge in [0.1, 0.15) is 16.5 Å². The molecule has 1 saturated heterocycles. The molecule has 1 aliphatic heterocycles. The van der Waals surface area contributed by atoms with Gasteiger partial charge in [-0.2, -0.15) is 0 Å². The van der Waals surface area contributed by atoms with E-state index in [1.807, 2.05) is 0 Å². The van der Waals surface area contributed by atoms with Gasteiger partial charge in [-0.3, -0.25) is 14.5 Å². The molecule has 4 rings (SSSR count). The van der Waals surface area contributed by atoms with Gasteiger partial charge in [0.15, 0.2) is 5.13 Å². The van der Waals surface area contributed by atoms with E-state index in [0.29, 0.717) is 21.8 Å². The van der Waals surface area contributed by atoms with Crippen molar-refractivity contribution in [1.29, 1.82) is 0 Å². The summed E-state index contributed by atoms with van der Waals surface area (Å²) in [5.74, 6) is -3.64. The van der Waals surface area contributed by atoms with Crippen molar-refractivity contribution in [2.75, 3.05) is 12.0 Å². The molecule has 1 aromatic heterocycles. The zero-order valence-corrected chi connectivity index (χ0v) is 19.8. The van der Waals surface area contributed by atoms with Gasteiger partial charge >= 0.3 is 11.9 Å². The highest BCUT2D eigenvalue weighted by Gasteiger charge is 2.48. The van der Waals surface area contributed by atoms with E-state index < -0.39 is 35.3 Å². The zero-order valence-electron chi connectivity index (χ0n) is 18.3. The van der Waals surface area contributed by atoms with Crippen LogP contribution < -0.4 is 4.90 Å². The second kappa shape index (κ2) is 9.00. The van der Waals surface area contributed by atoms with Crippen LogP contribution in [0.2, 0.25) is 5.02 Å². The molecule has 0 radical (unpaired) electrons. The monoisotopic (exact) mass is 500 g/mol. The summed E-state index contributed by atoms with van der Waals surface area (Å²) in [4.78, 5) is 44.0. The molecule has 1 atom stereocenters. The smallest absolute Gasteiger partial charge is 0.350 e. The number of benzene rings is 2. The second-order valence-electron chi connectivity index (χ2n) is 7.59. The van der Waals surface area contributed by atoms with Gasteiger partial charge in [0.2, 0.25) is 0 Å². The molecule has 1 amide bonds. The van der Waals surface area contributed by atoms with Crippen molar-refractivity contribution in [3.8, 4) is 0 Å². The molecule has 174 valence electrons. The number of ether oxygens (including phenoxy) is 1. The van der Waals surface area contributed by atoms with Gasteiger partial charge in [0.25, 0.3) is 5.78 Å². The molecule has 0 spiro atoms. The van der Waals surface area contributed by atoms with E-state index in [-0.39, 0.29) is 21.1 Å². The van der Waals surface area contributed by atoms with Gasteiger partial charge in [-0.15, -0.1) is 0 Å². The molecule has 2 heterocycles. The molecular formula is C24H18ClFN2O5S.